The van der Waals surface area contributed by atoms with Crippen LogP contribution in [-0.2, 0) is 4.79 Å². The number of aliphatic imine (C=N–C) groups is 1. The average Bonchev–Trinajstić information content (AvgIpc) is 2.79. The second-order valence-corrected chi connectivity index (χ2v) is 7.19. The summed E-state index contributed by atoms with van der Waals surface area (Å²) in [6.07, 6.45) is 0.902. The number of nitrogens with one attached hydrogen (secondary N) is 2. The molecule has 0 heterocycles. The fraction of sp³-hybridized carbons (Fsp3) is 0.391. The highest BCUT2D eigenvalue weighted by Crippen LogP contribution is 2.29. The highest BCUT2D eigenvalue weighted by atomic mass is 127. The third kappa shape index (κ3) is 8.81. The van der Waals surface area contributed by atoms with E-state index in [9.17, 15) is 4.79 Å². The van der Waals surface area contributed by atoms with Gasteiger partial charge < -0.3 is 29.9 Å². The van der Waals surface area contributed by atoms with E-state index in [1.54, 1.807) is 28.3 Å². The number of halogens is 1. The molecule has 0 radical (unpaired) electrons. The molecule has 0 aliphatic rings. The summed E-state index contributed by atoms with van der Waals surface area (Å²) < 4.78 is 10.6. The number of ether oxygens (including phenoxy) is 2. The van der Waals surface area contributed by atoms with Crippen molar-refractivity contribution < 1.29 is 14.3 Å². The van der Waals surface area contributed by atoms with Crippen molar-refractivity contribution in [3.05, 3.63) is 48.5 Å². The Kier molecular flexibility index (Phi) is 12.3. The predicted molar refractivity (Wildman–Crippen MR) is 142 cm³/mol. The maximum Gasteiger partial charge on any atom is 0.243 e. The van der Waals surface area contributed by atoms with Crippen molar-refractivity contribution in [3.8, 4) is 11.5 Å². The van der Waals surface area contributed by atoms with Crippen molar-refractivity contribution in [1.29, 1.82) is 0 Å². The van der Waals surface area contributed by atoms with E-state index in [0.29, 0.717) is 24.0 Å². The first-order valence-electron chi connectivity index (χ1n) is 10.2. The van der Waals surface area contributed by atoms with Crippen LogP contribution in [0.5, 0.6) is 11.5 Å². The van der Waals surface area contributed by atoms with Crippen LogP contribution in [0.2, 0.25) is 0 Å². The first-order valence-corrected chi connectivity index (χ1v) is 10.2. The molecular weight excluding hydrogens is 521 g/mol. The molecule has 176 valence electrons. The number of anilines is 2. The summed E-state index contributed by atoms with van der Waals surface area (Å²) in [5, 5.41) is 6.54. The minimum absolute atomic E-state index is 0. The van der Waals surface area contributed by atoms with Gasteiger partial charge in [0.1, 0.15) is 6.54 Å². The molecule has 9 heteroatoms. The van der Waals surface area contributed by atoms with Crippen LogP contribution in [-0.4, -0.2) is 71.8 Å². The zero-order valence-electron chi connectivity index (χ0n) is 19.4. The van der Waals surface area contributed by atoms with Gasteiger partial charge in [-0.3, -0.25) is 4.79 Å². The second-order valence-electron chi connectivity index (χ2n) is 7.19. The molecule has 0 aliphatic heterocycles. The molecule has 0 unspecified atom stereocenters. The Labute approximate surface area is 208 Å². The van der Waals surface area contributed by atoms with Gasteiger partial charge in [-0.25, -0.2) is 4.99 Å². The van der Waals surface area contributed by atoms with Crippen molar-refractivity contribution in [2.45, 2.75) is 6.42 Å². The number of methoxy groups -OCH3 is 2. The molecule has 0 spiro atoms. The Balaban J connectivity index is 0.00000512. The summed E-state index contributed by atoms with van der Waals surface area (Å²) in [5.41, 5.74) is 1.96. The minimum atomic E-state index is -0.0720. The summed E-state index contributed by atoms with van der Waals surface area (Å²) >= 11 is 0. The maximum atomic E-state index is 12.0. The van der Waals surface area contributed by atoms with Crippen LogP contribution in [0.15, 0.2) is 53.5 Å². The van der Waals surface area contributed by atoms with E-state index >= 15 is 0 Å². The van der Waals surface area contributed by atoms with E-state index in [2.05, 4.69) is 39.7 Å². The second kappa shape index (κ2) is 14.4. The number of rotatable bonds is 10. The van der Waals surface area contributed by atoms with Gasteiger partial charge in [0.25, 0.3) is 0 Å². The molecule has 2 N–H and O–H groups in total. The number of para-hydroxylation sites is 1. The Bertz CT molecular complexity index is 862. The van der Waals surface area contributed by atoms with Crippen LogP contribution in [0.25, 0.3) is 0 Å². The zero-order valence-corrected chi connectivity index (χ0v) is 21.8. The third-order valence-corrected chi connectivity index (χ3v) is 4.68. The van der Waals surface area contributed by atoms with Crippen LogP contribution in [0, 0.1) is 0 Å². The third-order valence-electron chi connectivity index (χ3n) is 4.68. The summed E-state index contributed by atoms with van der Waals surface area (Å²) in [6, 6.07) is 15.8. The van der Waals surface area contributed by atoms with Gasteiger partial charge in [-0.05, 0) is 30.7 Å². The van der Waals surface area contributed by atoms with Gasteiger partial charge in [-0.1, -0.05) is 18.2 Å². The summed E-state index contributed by atoms with van der Waals surface area (Å²) in [7, 11) is 8.69. The Morgan fingerprint density at radius 1 is 1.00 bits per heavy atom. The normalized spacial score (nSPS) is 10.6. The Hall–Kier alpha value is -2.69. The van der Waals surface area contributed by atoms with Gasteiger partial charge >= 0.3 is 0 Å². The van der Waals surface area contributed by atoms with E-state index in [1.807, 2.05) is 36.4 Å². The van der Waals surface area contributed by atoms with Gasteiger partial charge in [0.2, 0.25) is 5.91 Å². The molecule has 0 bridgehead atoms. The van der Waals surface area contributed by atoms with E-state index in [1.165, 1.54) is 10.6 Å². The quantitative estimate of drug-likeness (QED) is 0.203. The van der Waals surface area contributed by atoms with Gasteiger partial charge in [0.15, 0.2) is 17.5 Å². The lowest BCUT2D eigenvalue weighted by molar-refractivity contribution is -0.127. The number of carbonyl (C=O) groups excluding carboxylic acids is 1. The van der Waals surface area contributed by atoms with Gasteiger partial charge in [0, 0.05) is 51.7 Å². The number of hydrogen-bond donors (Lipinski definition) is 2. The summed E-state index contributed by atoms with van der Waals surface area (Å²) in [6.45, 7) is 1.64. The highest BCUT2D eigenvalue weighted by molar-refractivity contribution is 14.0. The molecule has 0 atom stereocenters. The first kappa shape index (κ1) is 27.3. The molecule has 0 saturated heterocycles. The monoisotopic (exact) mass is 555 g/mol. The first-order chi connectivity index (χ1) is 14.9. The summed E-state index contributed by atoms with van der Waals surface area (Å²) in [4.78, 5) is 20.1. The highest BCUT2D eigenvalue weighted by Gasteiger charge is 2.08. The molecule has 1 amide bonds. The molecule has 2 aromatic rings. The fourth-order valence-corrected chi connectivity index (χ4v) is 2.81. The number of guanidine groups is 1. The number of carbonyl (C=O) groups is 1. The number of hydrogen-bond acceptors (Lipinski definition) is 5. The Morgan fingerprint density at radius 2 is 1.69 bits per heavy atom. The van der Waals surface area contributed by atoms with Crippen molar-refractivity contribution in [2.24, 2.45) is 4.99 Å². The molecule has 0 fully saturated rings. The lowest BCUT2D eigenvalue weighted by atomic mass is 10.2. The number of nitrogens with zero attached hydrogens (tertiary/aromatic N) is 3. The van der Waals surface area contributed by atoms with E-state index in [-0.39, 0.29) is 36.4 Å². The van der Waals surface area contributed by atoms with E-state index in [0.717, 1.165) is 18.7 Å². The van der Waals surface area contributed by atoms with Gasteiger partial charge in [-0.15, -0.1) is 24.0 Å². The molecule has 2 rings (SSSR count). The summed E-state index contributed by atoms with van der Waals surface area (Å²) in [5.74, 6) is 1.72. The molecular formula is C23H34IN5O3. The van der Waals surface area contributed by atoms with Crippen molar-refractivity contribution in [2.75, 3.05) is 65.2 Å². The number of amides is 1. The van der Waals surface area contributed by atoms with Gasteiger partial charge in [0.05, 0.1) is 14.2 Å². The average molecular weight is 555 g/mol. The van der Waals surface area contributed by atoms with Crippen molar-refractivity contribution in [3.63, 3.8) is 0 Å². The predicted octanol–water partition coefficient (Wildman–Crippen LogP) is 3.29. The molecule has 0 saturated carbocycles. The molecule has 8 nitrogen and oxygen atoms in total. The maximum absolute atomic E-state index is 12.0. The Morgan fingerprint density at radius 3 is 2.31 bits per heavy atom. The van der Waals surface area contributed by atoms with Crippen LogP contribution in [0.1, 0.15) is 6.42 Å². The van der Waals surface area contributed by atoms with Crippen LogP contribution < -0.4 is 25.0 Å². The molecule has 32 heavy (non-hydrogen) atoms. The fourth-order valence-electron chi connectivity index (χ4n) is 2.81. The van der Waals surface area contributed by atoms with E-state index in [4.69, 9.17) is 9.47 Å². The smallest absolute Gasteiger partial charge is 0.243 e. The standard InChI is InChI=1S/C23H33N5O3.HI/c1-27(2)22(29)17-25-23(26-18-12-13-20(30-4)21(16-18)31-5)24-14-9-15-28(3)19-10-7-6-8-11-19;/h6-8,10-13,16H,9,14-15,17H2,1-5H3,(H2,24,25,26);1H. The lowest BCUT2D eigenvalue weighted by Gasteiger charge is -2.20. The molecule has 0 aromatic heterocycles. The number of likely N-dealkylation sites (N-methyl/N-ethyl adjacent to an activating group) is 1. The molecule has 0 aliphatic carbocycles. The van der Waals surface area contributed by atoms with Crippen LogP contribution in [0.4, 0.5) is 11.4 Å². The SMILES string of the molecule is COc1ccc(NC(=NCC(=O)N(C)C)NCCCN(C)c2ccccc2)cc1OC.I. The van der Waals surface area contributed by atoms with E-state index < -0.39 is 0 Å². The lowest BCUT2D eigenvalue weighted by Crippen LogP contribution is -2.35. The van der Waals surface area contributed by atoms with Gasteiger partial charge in [-0.2, -0.15) is 0 Å². The van der Waals surface area contributed by atoms with Crippen molar-refractivity contribution >= 4 is 47.2 Å². The number of benzene rings is 2. The largest absolute Gasteiger partial charge is 0.493 e. The molecule has 2 aromatic carbocycles. The van der Waals surface area contributed by atoms with Crippen molar-refractivity contribution in [1.82, 2.24) is 10.2 Å². The minimum Gasteiger partial charge on any atom is -0.493 e. The van der Waals surface area contributed by atoms with Crippen LogP contribution >= 0.6 is 24.0 Å². The van der Waals surface area contributed by atoms with Crippen LogP contribution in [0.3, 0.4) is 0 Å². The topological polar surface area (TPSA) is 78.4 Å². The zero-order chi connectivity index (χ0) is 22.6.